The Morgan fingerprint density at radius 3 is 2.26 bits per heavy atom. The molecule has 2 amide bonds. The standard InChI is InChI=1S/C21H23NO4S/c1-3-9-19(23)22(18(14-27-2)21(25)26)20(24)17-13-8-7-12-16(17)15-10-5-4-6-11-15/h4-8,10-13,18H,3,9,14H2,1-2H3,(H,25,26)/t18-/m0/s1. The molecular weight excluding hydrogens is 362 g/mol. The van der Waals surface area contributed by atoms with E-state index in [9.17, 15) is 19.5 Å². The van der Waals surface area contributed by atoms with E-state index >= 15 is 0 Å². The Morgan fingerprint density at radius 1 is 1.04 bits per heavy atom. The zero-order chi connectivity index (χ0) is 19.8. The molecule has 5 nitrogen and oxygen atoms in total. The fourth-order valence-corrected chi connectivity index (χ4v) is 3.45. The van der Waals surface area contributed by atoms with Gasteiger partial charge in [0.1, 0.15) is 6.04 Å². The third-order valence-electron chi connectivity index (χ3n) is 4.11. The van der Waals surface area contributed by atoms with E-state index in [1.165, 1.54) is 11.8 Å². The van der Waals surface area contributed by atoms with E-state index in [4.69, 9.17) is 0 Å². The lowest BCUT2D eigenvalue weighted by molar-refractivity contribution is -0.147. The van der Waals surface area contributed by atoms with Crippen LogP contribution in [0.1, 0.15) is 30.1 Å². The molecule has 27 heavy (non-hydrogen) atoms. The zero-order valence-electron chi connectivity index (χ0n) is 15.4. The van der Waals surface area contributed by atoms with Crippen molar-refractivity contribution in [2.45, 2.75) is 25.8 Å². The van der Waals surface area contributed by atoms with Gasteiger partial charge >= 0.3 is 5.97 Å². The molecule has 6 heteroatoms. The van der Waals surface area contributed by atoms with E-state index in [2.05, 4.69) is 0 Å². The van der Waals surface area contributed by atoms with Crippen molar-refractivity contribution in [3.05, 3.63) is 60.2 Å². The second-order valence-electron chi connectivity index (χ2n) is 6.04. The van der Waals surface area contributed by atoms with Gasteiger partial charge in [-0.05, 0) is 29.9 Å². The average molecular weight is 385 g/mol. The van der Waals surface area contributed by atoms with Gasteiger partial charge in [0.25, 0.3) is 5.91 Å². The zero-order valence-corrected chi connectivity index (χ0v) is 16.2. The SMILES string of the molecule is CCCC(=O)N(C(=O)c1ccccc1-c1ccccc1)[C@@H](CSC)C(=O)O. The third-order valence-corrected chi connectivity index (χ3v) is 4.76. The first-order valence-corrected chi connectivity index (χ1v) is 10.1. The van der Waals surface area contributed by atoms with Crippen LogP contribution in [0.4, 0.5) is 0 Å². The van der Waals surface area contributed by atoms with Crippen LogP contribution in [-0.4, -0.2) is 45.8 Å². The van der Waals surface area contributed by atoms with Crippen molar-refractivity contribution in [2.75, 3.05) is 12.0 Å². The van der Waals surface area contributed by atoms with Gasteiger partial charge in [0, 0.05) is 17.7 Å². The minimum atomic E-state index is -1.20. The lowest BCUT2D eigenvalue weighted by Gasteiger charge is -2.27. The Bertz CT molecular complexity index is 807. The largest absolute Gasteiger partial charge is 0.480 e. The fraction of sp³-hybridized carbons (Fsp3) is 0.286. The van der Waals surface area contributed by atoms with Crippen molar-refractivity contribution in [1.82, 2.24) is 4.90 Å². The second-order valence-corrected chi connectivity index (χ2v) is 6.95. The second kappa shape index (κ2) is 9.92. The minimum Gasteiger partial charge on any atom is -0.480 e. The monoisotopic (exact) mass is 385 g/mol. The smallest absolute Gasteiger partial charge is 0.327 e. The highest BCUT2D eigenvalue weighted by atomic mass is 32.2. The van der Waals surface area contributed by atoms with Crippen molar-refractivity contribution in [2.24, 2.45) is 0 Å². The van der Waals surface area contributed by atoms with Crippen LogP contribution in [0.2, 0.25) is 0 Å². The molecule has 0 aliphatic rings. The third kappa shape index (κ3) is 4.98. The van der Waals surface area contributed by atoms with Gasteiger partial charge in [0.15, 0.2) is 0 Å². The van der Waals surface area contributed by atoms with Crippen LogP contribution < -0.4 is 0 Å². The highest BCUT2D eigenvalue weighted by molar-refractivity contribution is 7.98. The van der Waals surface area contributed by atoms with Crippen LogP contribution in [0.25, 0.3) is 11.1 Å². The molecule has 0 bridgehead atoms. The van der Waals surface area contributed by atoms with Gasteiger partial charge in [-0.2, -0.15) is 11.8 Å². The number of nitrogens with zero attached hydrogens (tertiary/aromatic N) is 1. The van der Waals surface area contributed by atoms with Crippen LogP contribution in [-0.2, 0) is 9.59 Å². The number of hydrogen-bond acceptors (Lipinski definition) is 4. The molecule has 0 heterocycles. The van der Waals surface area contributed by atoms with Crippen LogP contribution >= 0.6 is 11.8 Å². The Morgan fingerprint density at radius 2 is 1.67 bits per heavy atom. The Hall–Kier alpha value is -2.60. The number of carbonyl (C=O) groups excluding carboxylic acids is 2. The number of benzene rings is 2. The van der Waals surface area contributed by atoms with Crippen LogP contribution in [0.3, 0.4) is 0 Å². The van der Waals surface area contributed by atoms with Crippen LogP contribution in [0.15, 0.2) is 54.6 Å². The van der Waals surface area contributed by atoms with Crippen LogP contribution in [0.5, 0.6) is 0 Å². The first-order chi connectivity index (χ1) is 13.0. The van der Waals surface area contributed by atoms with E-state index in [0.717, 1.165) is 10.5 Å². The number of hydrogen-bond donors (Lipinski definition) is 1. The van der Waals surface area contributed by atoms with E-state index in [1.807, 2.05) is 43.3 Å². The molecule has 1 atom stereocenters. The summed E-state index contributed by atoms with van der Waals surface area (Å²) in [7, 11) is 0. The Balaban J connectivity index is 2.53. The fourth-order valence-electron chi connectivity index (χ4n) is 2.85. The van der Waals surface area contributed by atoms with Gasteiger partial charge in [-0.1, -0.05) is 55.5 Å². The van der Waals surface area contributed by atoms with E-state index < -0.39 is 23.8 Å². The number of aliphatic carboxylic acids is 1. The topological polar surface area (TPSA) is 74.7 Å². The van der Waals surface area contributed by atoms with Crippen LogP contribution in [0, 0.1) is 0 Å². The molecular formula is C21H23NO4S. The van der Waals surface area contributed by atoms with Gasteiger partial charge in [0.05, 0.1) is 0 Å². The maximum atomic E-state index is 13.3. The van der Waals surface area contributed by atoms with Gasteiger partial charge in [0.2, 0.25) is 5.91 Å². The van der Waals surface area contributed by atoms with Gasteiger partial charge in [-0.15, -0.1) is 0 Å². The lowest BCUT2D eigenvalue weighted by Crippen LogP contribution is -2.50. The summed E-state index contributed by atoms with van der Waals surface area (Å²) in [4.78, 5) is 38.7. The molecule has 142 valence electrons. The number of rotatable bonds is 8. The molecule has 0 aliphatic heterocycles. The quantitative estimate of drug-likeness (QED) is 0.745. The summed E-state index contributed by atoms with van der Waals surface area (Å²) < 4.78 is 0. The highest BCUT2D eigenvalue weighted by Crippen LogP contribution is 2.26. The molecule has 0 fully saturated rings. The van der Waals surface area contributed by atoms with E-state index in [0.29, 0.717) is 17.5 Å². The predicted molar refractivity (Wildman–Crippen MR) is 108 cm³/mol. The minimum absolute atomic E-state index is 0.122. The molecule has 0 saturated carbocycles. The van der Waals surface area contributed by atoms with Crippen molar-refractivity contribution in [3.63, 3.8) is 0 Å². The highest BCUT2D eigenvalue weighted by Gasteiger charge is 2.35. The van der Waals surface area contributed by atoms with Crippen molar-refractivity contribution < 1.29 is 19.5 Å². The predicted octanol–water partition coefficient (Wildman–Crippen LogP) is 3.94. The molecule has 2 rings (SSSR count). The lowest BCUT2D eigenvalue weighted by atomic mass is 9.98. The average Bonchev–Trinajstić information content (AvgIpc) is 2.68. The van der Waals surface area contributed by atoms with E-state index in [-0.39, 0.29) is 12.2 Å². The summed E-state index contributed by atoms with van der Waals surface area (Å²) in [6.07, 6.45) is 2.41. The molecule has 2 aromatic rings. The maximum absolute atomic E-state index is 13.3. The van der Waals surface area contributed by atoms with Crippen molar-refractivity contribution >= 4 is 29.5 Å². The number of carboxylic acid groups (broad SMARTS) is 1. The van der Waals surface area contributed by atoms with Gasteiger partial charge in [-0.3, -0.25) is 14.5 Å². The summed E-state index contributed by atoms with van der Waals surface area (Å²) in [5, 5.41) is 9.61. The molecule has 0 unspecified atom stereocenters. The van der Waals surface area contributed by atoms with Gasteiger partial charge < -0.3 is 5.11 Å². The molecule has 0 saturated heterocycles. The maximum Gasteiger partial charge on any atom is 0.327 e. The molecule has 2 aromatic carbocycles. The summed E-state index contributed by atoms with van der Waals surface area (Å²) in [6.45, 7) is 1.82. The first-order valence-electron chi connectivity index (χ1n) is 8.73. The number of amides is 2. The molecule has 0 spiro atoms. The number of carbonyl (C=O) groups is 3. The normalized spacial score (nSPS) is 11.6. The Labute approximate surface area is 163 Å². The Kier molecular flexibility index (Phi) is 7.61. The van der Waals surface area contributed by atoms with E-state index in [1.54, 1.807) is 24.5 Å². The van der Waals surface area contributed by atoms with Gasteiger partial charge in [-0.25, -0.2) is 4.79 Å². The summed E-state index contributed by atoms with van der Waals surface area (Å²) in [6, 6.07) is 15.1. The van der Waals surface area contributed by atoms with Crippen molar-refractivity contribution in [3.8, 4) is 11.1 Å². The summed E-state index contributed by atoms with van der Waals surface area (Å²) >= 11 is 1.29. The number of thioether (sulfide) groups is 1. The van der Waals surface area contributed by atoms with Crippen molar-refractivity contribution in [1.29, 1.82) is 0 Å². The summed E-state index contributed by atoms with van der Waals surface area (Å²) in [5.74, 6) is -2.08. The molecule has 0 aliphatic carbocycles. The molecule has 0 radical (unpaired) electrons. The number of carboxylic acids is 1. The first kappa shape index (κ1) is 20.7. The molecule has 0 aromatic heterocycles. The molecule has 1 N–H and O–H groups in total. The summed E-state index contributed by atoms with van der Waals surface area (Å²) in [5.41, 5.74) is 1.83. The number of imide groups is 1.